The van der Waals surface area contributed by atoms with Gasteiger partial charge in [-0.15, -0.1) is 0 Å². The van der Waals surface area contributed by atoms with E-state index < -0.39 is 0 Å². The molecular weight excluding hydrogens is 272 g/mol. The van der Waals surface area contributed by atoms with Crippen LogP contribution in [0.25, 0.3) is 0 Å². The molecule has 2 unspecified atom stereocenters. The quantitative estimate of drug-likeness (QED) is 0.714. The summed E-state index contributed by atoms with van der Waals surface area (Å²) in [5, 5.41) is 4.91. The van der Waals surface area contributed by atoms with Crippen molar-refractivity contribution in [3.8, 4) is 0 Å². The van der Waals surface area contributed by atoms with Crippen LogP contribution in [0.1, 0.15) is 51.4 Å². The second kappa shape index (κ2) is 9.17. The zero-order chi connectivity index (χ0) is 13.3. The van der Waals surface area contributed by atoms with Crippen molar-refractivity contribution in [3.63, 3.8) is 0 Å². The van der Waals surface area contributed by atoms with Crippen LogP contribution in [0.2, 0.25) is 0 Å². The van der Waals surface area contributed by atoms with Gasteiger partial charge in [0.05, 0.1) is 0 Å². The molecule has 1 aliphatic heterocycles. The molecule has 1 N–H and O–H groups in total. The Bertz CT molecular complexity index is 281. The van der Waals surface area contributed by atoms with E-state index in [2.05, 4.69) is 11.6 Å². The first-order valence-electron chi connectivity index (χ1n) is 7.83. The van der Waals surface area contributed by atoms with Crippen LogP contribution in [-0.2, 0) is 0 Å². The second-order valence-electron chi connectivity index (χ2n) is 5.70. The van der Waals surface area contributed by atoms with E-state index in [4.69, 9.17) is 4.99 Å². The Morgan fingerprint density at radius 3 is 2.95 bits per heavy atom. The smallest absolute Gasteiger partial charge is 0.156 e. The summed E-state index contributed by atoms with van der Waals surface area (Å²) in [5.74, 6) is 3.52. The Balaban J connectivity index is 1.58. The molecular formula is C15H28N2S2. The van der Waals surface area contributed by atoms with E-state index in [9.17, 15) is 0 Å². The van der Waals surface area contributed by atoms with Crippen LogP contribution < -0.4 is 5.32 Å². The number of thioether (sulfide) groups is 2. The molecule has 2 atom stereocenters. The van der Waals surface area contributed by atoms with Gasteiger partial charge in [0, 0.05) is 18.3 Å². The van der Waals surface area contributed by atoms with Crippen molar-refractivity contribution in [1.82, 2.24) is 5.32 Å². The van der Waals surface area contributed by atoms with E-state index in [0.717, 1.165) is 18.5 Å². The molecule has 2 rings (SSSR count). The summed E-state index contributed by atoms with van der Waals surface area (Å²) in [6, 6.07) is 0.732. The second-order valence-corrected chi connectivity index (χ2v) is 7.69. The largest absolute Gasteiger partial charge is 0.362 e. The van der Waals surface area contributed by atoms with Gasteiger partial charge in [0.25, 0.3) is 0 Å². The van der Waals surface area contributed by atoms with Crippen LogP contribution in [0.5, 0.6) is 0 Å². The highest BCUT2D eigenvalue weighted by molar-refractivity contribution is 8.13. The molecule has 1 heterocycles. The maximum absolute atomic E-state index is 4.76. The number of nitrogens with zero attached hydrogens (tertiary/aromatic N) is 1. The number of fused-ring (bicyclic) bond motifs is 1. The molecule has 0 aromatic carbocycles. The van der Waals surface area contributed by atoms with Crippen molar-refractivity contribution in [2.24, 2.45) is 10.9 Å². The highest BCUT2D eigenvalue weighted by Gasteiger charge is 2.29. The summed E-state index contributed by atoms with van der Waals surface area (Å²) in [6.07, 6.45) is 13.2. The van der Waals surface area contributed by atoms with Gasteiger partial charge in [-0.2, -0.15) is 11.8 Å². The highest BCUT2D eigenvalue weighted by Crippen LogP contribution is 2.31. The van der Waals surface area contributed by atoms with E-state index in [1.807, 2.05) is 23.5 Å². The van der Waals surface area contributed by atoms with Crippen LogP contribution >= 0.6 is 23.5 Å². The average molecular weight is 301 g/mol. The Labute approximate surface area is 127 Å². The third kappa shape index (κ3) is 5.58. The van der Waals surface area contributed by atoms with Crippen molar-refractivity contribution in [2.45, 2.75) is 57.4 Å². The van der Waals surface area contributed by atoms with Gasteiger partial charge >= 0.3 is 0 Å². The number of nitrogens with one attached hydrogen (secondary N) is 1. The maximum atomic E-state index is 4.76. The van der Waals surface area contributed by atoms with Crippen LogP contribution in [0.15, 0.2) is 4.99 Å². The lowest BCUT2D eigenvalue weighted by atomic mass is 9.86. The molecule has 19 heavy (non-hydrogen) atoms. The Hall–Kier alpha value is 0.170. The number of rotatable bonds is 7. The molecule has 110 valence electrons. The van der Waals surface area contributed by atoms with Gasteiger partial charge in [-0.05, 0) is 43.6 Å². The van der Waals surface area contributed by atoms with E-state index in [1.54, 1.807) is 0 Å². The summed E-state index contributed by atoms with van der Waals surface area (Å²) in [5.41, 5.74) is 0. The fourth-order valence-corrected chi connectivity index (χ4v) is 4.65. The Morgan fingerprint density at radius 2 is 2.05 bits per heavy atom. The SMILES string of the molecule is CSCCCCCCN=C1NC2CCCCC2CS1. The minimum absolute atomic E-state index is 0.732. The molecule has 0 spiro atoms. The fraction of sp³-hybridized carbons (Fsp3) is 0.933. The summed E-state index contributed by atoms with van der Waals surface area (Å²) >= 11 is 3.91. The minimum atomic E-state index is 0.732. The normalized spacial score (nSPS) is 29.0. The molecule has 0 radical (unpaired) electrons. The van der Waals surface area contributed by atoms with Crippen LogP contribution in [0.4, 0.5) is 0 Å². The molecule has 0 aromatic rings. The number of aliphatic imine (C=N–C) groups is 1. The van der Waals surface area contributed by atoms with Gasteiger partial charge in [0.15, 0.2) is 5.17 Å². The Morgan fingerprint density at radius 1 is 1.21 bits per heavy atom. The van der Waals surface area contributed by atoms with Crippen LogP contribution in [0.3, 0.4) is 0 Å². The molecule has 0 amide bonds. The zero-order valence-electron chi connectivity index (χ0n) is 12.2. The summed E-state index contributed by atoms with van der Waals surface area (Å²) < 4.78 is 0. The first kappa shape index (κ1) is 15.6. The van der Waals surface area contributed by atoms with Gasteiger partial charge in [0.1, 0.15) is 0 Å². The molecule has 4 heteroatoms. The van der Waals surface area contributed by atoms with E-state index in [0.29, 0.717) is 0 Å². The predicted molar refractivity (Wildman–Crippen MR) is 90.5 cm³/mol. The number of hydrogen-bond donors (Lipinski definition) is 1. The summed E-state index contributed by atoms with van der Waals surface area (Å²) in [6.45, 7) is 1.02. The molecule has 1 saturated carbocycles. The minimum Gasteiger partial charge on any atom is -0.362 e. The predicted octanol–water partition coefficient (Wildman–Crippen LogP) is 4.16. The fourth-order valence-electron chi connectivity index (χ4n) is 2.97. The molecule has 0 bridgehead atoms. The van der Waals surface area contributed by atoms with Crippen molar-refractivity contribution < 1.29 is 0 Å². The van der Waals surface area contributed by atoms with E-state index >= 15 is 0 Å². The third-order valence-electron chi connectivity index (χ3n) is 4.16. The van der Waals surface area contributed by atoms with Gasteiger partial charge < -0.3 is 5.32 Å². The van der Waals surface area contributed by atoms with E-state index in [-0.39, 0.29) is 0 Å². The lowest BCUT2D eigenvalue weighted by molar-refractivity contribution is 0.311. The van der Waals surface area contributed by atoms with Crippen LogP contribution in [-0.4, -0.2) is 35.5 Å². The molecule has 2 nitrogen and oxygen atoms in total. The maximum Gasteiger partial charge on any atom is 0.156 e. The van der Waals surface area contributed by atoms with Crippen molar-refractivity contribution in [3.05, 3.63) is 0 Å². The molecule has 1 aliphatic carbocycles. The molecule has 1 saturated heterocycles. The number of unbranched alkanes of at least 4 members (excludes halogenated alkanes) is 3. The number of hydrogen-bond acceptors (Lipinski definition) is 3. The Kier molecular flexibility index (Phi) is 7.51. The monoisotopic (exact) mass is 300 g/mol. The standard InChI is InChI=1S/C15H28N2S2/c1-18-11-7-3-2-6-10-16-15-17-14-9-5-4-8-13(14)12-19-15/h13-14H,2-12H2,1H3,(H,16,17). The van der Waals surface area contributed by atoms with Crippen molar-refractivity contribution in [1.29, 1.82) is 0 Å². The van der Waals surface area contributed by atoms with Crippen LogP contribution in [0, 0.1) is 5.92 Å². The molecule has 0 aromatic heterocycles. The number of amidine groups is 1. The summed E-state index contributed by atoms with van der Waals surface area (Å²) in [7, 11) is 0. The van der Waals surface area contributed by atoms with Gasteiger partial charge in [-0.25, -0.2) is 0 Å². The lowest BCUT2D eigenvalue weighted by Crippen LogP contribution is -2.46. The average Bonchev–Trinajstić information content (AvgIpc) is 2.46. The first-order valence-corrected chi connectivity index (χ1v) is 10.2. The van der Waals surface area contributed by atoms with Gasteiger partial charge in [-0.3, -0.25) is 4.99 Å². The highest BCUT2D eigenvalue weighted by atomic mass is 32.2. The summed E-state index contributed by atoms with van der Waals surface area (Å²) in [4.78, 5) is 4.76. The van der Waals surface area contributed by atoms with Crippen molar-refractivity contribution in [2.75, 3.05) is 24.3 Å². The third-order valence-corrected chi connectivity index (χ3v) is 5.98. The molecule has 2 fully saturated rings. The lowest BCUT2D eigenvalue weighted by Gasteiger charge is -2.36. The van der Waals surface area contributed by atoms with Gasteiger partial charge in [-0.1, -0.05) is 37.4 Å². The van der Waals surface area contributed by atoms with Gasteiger partial charge in [0.2, 0.25) is 0 Å². The molecule has 2 aliphatic rings. The first-order chi connectivity index (χ1) is 9.40. The zero-order valence-corrected chi connectivity index (χ0v) is 13.8. The van der Waals surface area contributed by atoms with Crippen molar-refractivity contribution >= 4 is 28.7 Å². The van der Waals surface area contributed by atoms with E-state index in [1.165, 1.54) is 68.0 Å². The topological polar surface area (TPSA) is 24.4 Å².